The summed E-state index contributed by atoms with van der Waals surface area (Å²) in [5.74, 6) is 0.0248. The number of nitrogens with one attached hydrogen (secondary N) is 1. The van der Waals surface area contributed by atoms with Crippen molar-refractivity contribution >= 4 is 34.7 Å². The number of hydrogen-bond acceptors (Lipinski definition) is 5. The Kier molecular flexibility index (Phi) is 5.64. The molecule has 1 saturated heterocycles. The summed E-state index contributed by atoms with van der Waals surface area (Å²) in [5.41, 5.74) is -0.0216. The van der Waals surface area contributed by atoms with Crippen molar-refractivity contribution in [2.75, 3.05) is 19.1 Å². The molecule has 5 nitrogen and oxygen atoms in total. The van der Waals surface area contributed by atoms with Crippen molar-refractivity contribution in [1.29, 1.82) is 0 Å². The molecule has 1 fully saturated rings. The predicted octanol–water partition coefficient (Wildman–Crippen LogP) is 4.82. The number of imide groups is 1. The van der Waals surface area contributed by atoms with Gasteiger partial charge in [-0.2, -0.15) is 13.2 Å². The summed E-state index contributed by atoms with van der Waals surface area (Å²) in [5, 5.41) is 2.18. The monoisotopic (exact) mass is 408 g/mol. The molecule has 28 heavy (non-hydrogen) atoms. The molecule has 146 valence electrons. The summed E-state index contributed by atoms with van der Waals surface area (Å²) in [6, 6.07) is 11.6. The van der Waals surface area contributed by atoms with Crippen molar-refractivity contribution in [1.82, 2.24) is 4.90 Å². The number of anilines is 1. The lowest BCUT2D eigenvalue weighted by Crippen LogP contribution is -2.33. The van der Waals surface area contributed by atoms with Crippen LogP contribution in [0.15, 0.2) is 53.4 Å². The van der Waals surface area contributed by atoms with Gasteiger partial charge in [-0.1, -0.05) is 24.3 Å². The van der Waals surface area contributed by atoms with Gasteiger partial charge < -0.3 is 10.1 Å². The highest BCUT2D eigenvalue weighted by molar-refractivity contribution is 8.18. The van der Waals surface area contributed by atoms with E-state index in [1.165, 1.54) is 19.2 Å². The molecule has 1 aliphatic rings. The van der Waals surface area contributed by atoms with Gasteiger partial charge in [-0.25, -0.2) is 0 Å². The molecule has 0 bridgehead atoms. The lowest BCUT2D eigenvalue weighted by atomic mass is 10.2. The van der Waals surface area contributed by atoms with Crippen molar-refractivity contribution in [2.45, 2.75) is 6.18 Å². The molecule has 0 saturated carbocycles. The minimum Gasteiger partial charge on any atom is -0.496 e. The molecule has 0 aliphatic carbocycles. The fourth-order valence-corrected chi connectivity index (χ4v) is 3.37. The largest absolute Gasteiger partial charge is 0.496 e. The summed E-state index contributed by atoms with van der Waals surface area (Å²) < 4.78 is 43.6. The van der Waals surface area contributed by atoms with Crippen LogP contribution >= 0.6 is 11.8 Å². The third kappa shape index (κ3) is 4.30. The smallest absolute Gasteiger partial charge is 0.416 e. The van der Waals surface area contributed by atoms with E-state index in [-0.39, 0.29) is 17.3 Å². The van der Waals surface area contributed by atoms with Crippen molar-refractivity contribution in [2.24, 2.45) is 0 Å². The zero-order chi connectivity index (χ0) is 20.3. The molecule has 0 unspecified atom stereocenters. The highest BCUT2D eigenvalue weighted by Gasteiger charge is 2.35. The van der Waals surface area contributed by atoms with Gasteiger partial charge in [-0.05, 0) is 42.1 Å². The first-order valence-electron chi connectivity index (χ1n) is 8.09. The molecule has 0 atom stereocenters. The van der Waals surface area contributed by atoms with Gasteiger partial charge in [0.15, 0.2) is 0 Å². The van der Waals surface area contributed by atoms with Crippen molar-refractivity contribution in [3.63, 3.8) is 0 Å². The van der Waals surface area contributed by atoms with Crippen LogP contribution in [0.2, 0.25) is 0 Å². The first-order valence-corrected chi connectivity index (χ1v) is 8.91. The number of rotatable bonds is 5. The molecule has 0 aromatic heterocycles. The van der Waals surface area contributed by atoms with Crippen LogP contribution in [0.1, 0.15) is 11.1 Å². The molecule has 1 heterocycles. The van der Waals surface area contributed by atoms with Crippen LogP contribution in [0.5, 0.6) is 5.75 Å². The maximum absolute atomic E-state index is 12.8. The molecule has 3 rings (SSSR count). The average Bonchev–Trinajstić information content (AvgIpc) is 2.93. The number of carbonyl (C=O) groups is 2. The van der Waals surface area contributed by atoms with Gasteiger partial charge in [0, 0.05) is 11.3 Å². The Balaban J connectivity index is 1.73. The van der Waals surface area contributed by atoms with Crippen LogP contribution in [-0.4, -0.2) is 29.8 Å². The van der Waals surface area contributed by atoms with Crippen LogP contribution in [0.4, 0.5) is 23.7 Å². The van der Waals surface area contributed by atoms with Gasteiger partial charge >= 0.3 is 6.18 Å². The van der Waals surface area contributed by atoms with Gasteiger partial charge in [0.2, 0.25) is 0 Å². The predicted molar refractivity (Wildman–Crippen MR) is 101 cm³/mol. The maximum atomic E-state index is 12.8. The number of ether oxygens (including phenoxy) is 1. The lowest BCUT2D eigenvalue weighted by Gasteiger charge is -2.15. The van der Waals surface area contributed by atoms with E-state index >= 15 is 0 Å². The quantitative estimate of drug-likeness (QED) is 0.719. The van der Waals surface area contributed by atoms with Crippen LogP contribution in [-0.2, 0) is 11.0 Å². The Bertz CT molecular complexity index is 944. The number of halogens is 3. The fraction of sp³-hybridized carbons (Fsp3) is 0.158. The third-order valence-electron chi connectivity index (χ3n) is 3.93. The summed E-state index contributed by atoms with van der Waals surface area (Å²) >= 11 is 0.761. The molecule has 2 aromatic carbocycles. The topological polar surface area (TPSA) is 58.6 Å². The van der Waals surface area contributed by atoms with Crippen LogP contribution in [0.25, 0.3) is 6.08 Å². The van der Waals surface area contributed by atoms with Crippen molar-refractivity contribution in [3.05, 3.63) is 64.6 Å². The molecule has 2 amide bonds. The zero-order valence-electron chi connectivity index (χ0n) is 14.6. The Labute approximate surface area is 163 Å². The second-order valence-corrected chi connectivity index (χ2v) is 6.76. The Morgan fingerprint density at radius 2 is 1.89 bits per heavy atom. The normalized spacial score (nSPS) is 16.0. The standard InChI is InChI=1S/C19H15F3N2O3S/c1-27-15-8-3-2-5-12(15)9-16-17(25)24(18(26)28-16)11-23-14-7-4-6-13(10-14)19(20,21)22/h2-10,23H,11H2,1H3/b16-9-. The second-order valence-electron chi connectivity index (χ2n) is 5.77. The van der Waals surface area contributed by atoms with E-state index in [0.717, 1.165) is 28.8 Å². The number of methoxy groups -OCH3 is 1. The number of alkyl halides is 3. The van der Waals surface area contributed by atoms with Crippen LogP contribution < -0.4 is 10.1 Å². The molecule has 9 heteroatoms. The Morgan fingerprint density at radius 3 is 2.61 bits per heavy atom. The van der Waals surface area contributed by atoms with Crippen LogP contribution in [0, 0.1) is 0 Å². The van der Waals surface area contributed by atoms with Crippen LogP contribution in [0.3, 0.4) is 0 Å². The SMILES string of the molecule is COc1ccccc1/C=C1\SC(=O)N(CNc2cccc(C(F)(F)F)c2)C1=O. The van der Waals surface area contributed by atoms with E-state index in [1.807, 2.05) is 0 Å². The van der Waals surface area contributed by atoms with Gasteiger partial charge in [0.1, 0.15) is 5.75 Å². The molecular formula is C19H15F3N2O3S. The third-order valence-corrected chi connectivity index (χ3v) is 4.84. The van der Waals surface area contributed by atoms with E-state index in [1.54, 1.807) is 30.3 Å². The van der Waals surface area contributed by atoms with E-state index < -0.39 is 22.9 Å². The number of benzene rings is 2. The molecule has 1 aliphatic heterocycles. The fourth-order valence-electron chi connectivity index (χ4n) is 2.54. The molecular weight excluding hydrogens is 393 g/mol. The number of thioether (sulfide) groups is 1. The first kappa shape index (κ1) is 19.8. The average molecular weight is 408 g/mol. The van der Waals surface area contributed by atoms with Gasteiger partial charge in [-0.3, -0.25) is 14.5 Å². The maximum Gasteiger partial charge on any atom is 0.416 e. The minimum atomic E-state index is -4.47. The Morgan fingerprint density at radius 1 is 1.14 bits per heavy atom. The van der Waals surface area contributed by atoms with Gasteiger partial charge in [0.25, 0.3) is 11.1 Å². The van der Waals surface area contributed by atoms with Crippen molar-refractivity contribution in [3.8, 4) is 5.75 Å². The minimum absolute atomic E-state index is 0.155. The summed E-state index contributed by atoms with van der Waals surface area (Å²) in [4.78, 5) is 25.8. The number of hydrogen-bond donors (Lipinski definition) is 1. The highest BCUT2D eigenvalue weighted by atomic mass is 32.2. The number of para-hydroxylation sites is 1. The van der Waals surface area contributed by atoms with E-state index in [9.17, 15) is 22.8 Å². The molecule has 1 N–H and O–H groups in total. The van der Waals surface area contributed by atoms with Crippen molar-refractivity contribution < 1.29 is 27.5 Å². The summed E-state index contributed by atoms with van der Waals surface area (Å²) in [6.07, 6.45) is -2.93. The van der Waals surface area contributed by atoms with Gasteiger partial charge in [-0.15, -0.1) is 0 Å². The van der Waals surface area contributed by atoms with E-state index in [2.05, 4.69) is 5.32 Å². The van der Waals surface area contributed by atoms with E-state index in [4.69, 9.17) is 4.74 Å². The number of carbonyl (C=O) groups excluding carboxylic acids is 2. The number of nitrogens with zero attached hydrogens (tertiary/aromatic N) is 1. The highest BCUT2D eigenvalue weighted by Crippen LogP contribution is 2.34. The molecule has 2 aromatic rings. The summed E-state index contributed by atoms with van der Waals surface area (Å²) in [6.45, 7) is -0.241. The van der Waals surface area contributed by atoms with Gasteiger partial charge in [0.05, 0.1) is 24.2 Å². The number of amides is 2. The second kappa shape index (κ2) is 7.97. The zero-order valence-corrected chi connectivity index (χ0v) is 15.4. The first-order chi connectivity index (χ1) is 13.3. The lowest BCUT2D eigenvalue weighted by molar-refractivity contribution is -0.137. The molecule has 0 spiro atoms. The Hall–Kier alpha value is -2.94. The molecule has 0 radical (unpaired) electrons. The van der Waals surface area contributed by atoms with E-state index in [0.29, 0.717) is 11.3 Å². The summed E-state index contributed by atoms with van der Waals surface area (Å²) in [7, 11) is 1.50.